The molecule has 1 amide bonds. The minimum absolute atomic E-state index is 0.0684. The van der Waals surface area contributed by atoms with E-state index in [1.165, 1.54) is 0 Å². The number of carbonyl (C=O) groups is 1. The van der Waals surface area contributed by atoms with Gasteiger partial charge in [-0.3, -0.25) is 4.79 Å². The predicted octanol–water partition coefficient (Wildman–Crippen LogP) is 3.45. The molecule has 0 saturated carbocycles. The van der Waals surface area contributed by atoms with E-state index in [1.54, 1.807) is 0 Å². The molecule has 1 saturated heterocycles. The maximum absolute atomic E-state index is 13.2. The number of rotatable bonds is 2. The number of nitrogens with zero attached hydrogens (tertiary/aromatic N) is 1. The van der Waals surface area contributed by atoms with Crippen molar-refractivity contribution >= 4 is 17.5 Å². The van der Waals surface area contributed by atoms with Gasteiger partial charge in [0.1, 0.15) is 12.4 Å². The number of benzene rings is 2. The van der Waals surface area contributed by atoms with Gasteiger partial charge in [0, 0.05) is 29.2 Å². The zero-order valence-corrected chi connectivity index (χ0v) is 14.8. The largest absolute Gasteiger partial charge is 0.491 e. The van der Waals surface area contributed by atoms with E-state index in [2.05, 4.69) is 11.4 Å². The van der Waals surface area contributed by atoms with Gasteiger partial charge in [-0.2, -0.15) is 0 Å². The normalized spacial score (nSPS) is 19.9. The highest BCUT2D eigenvalue weighted by molar-refractivity contribution is 6.30. The fourth-order valence-corrected chi connectivity index (χ4v) is 3.87. The molecule has 130 valence electrons. The summed E-state index contributed by atoms with van der Waals surface area (Å²) in [5.74, 6) is 1.29. The molecule has 2 aliphatic heterocycles. The summed E-state index contributed by atoms with van der Waals surface area (Å²) in [5, 5.41) is 4.05. The van der Waals surface area contributed by atoms with Crippen molar-refractivity contribution in [2.75, 3.05) is 26.2 Å². The smallest absolute Gasteiger partial charge is 0.254 e. The van der Waals surface area contributed by atoms with E-state index in [1.807, 2.05) is 41.3 Å². The zero-order chi connectivity index (χ0) is 17.2. The van der Waals surface area contributed by atoms with Crippen LogP contribution in [0.15, 0.2) is 42.5 Å². The zero-order valence-electron chi connectivity index (χ0n) is 14.0. The molecular formula is C20H21ClN2O2. The summed E-state index contributed by atoms with van der Waals surface area (Å²) < 4.78 is 5.79. The molecule has 1 fully saturated rings. The summed E-state index contributed by atoms with van der Waals surface area (Å²) in [6, 6.07) is 13.6. The van der Waals surface area contributed by atoms with Crippen LogP contribution in [0.3, 0.4) is 0 Å². The lowest BCUT2D eigenvalue weighted by molar-refractivity contribution is 0.0731. The van der Waals surface area contributed by atoms with Gasteiger partial charge >= 0.3 is 0 Å². The molecule has 0 aliphatic carbocycles. The number of fused-ring (bicyclic) bond motifs is 1. The molecule has 2 aliphatic rings. The van der Waals surface area contributed by atoms with Gasteiger partial charge in [0.2, 0.25) is 0 Å². The van der Waals surface area contributed by atoms with Crippen molar-refractivity contribution < 1.29 is 9.53 Å². The van der Waals surface area contributed by atoms with E-state index < -0.39 is 0 Å². The van der Waals surface area contributed by atoms with Crippen LogP contribution in [0.25, 0.3) is 0 Å². The number of ether oxygens (including phenoxy) is 1. The van der Waals surface area contributed by atoms with E-state index >= 15 is 0 Å². The molecule has 5 heteroatoms. The quantitative estimate of drug-likeness (QED) is 0.896. The Morgan fingerprint density at radius 2 is 2.12 bits per heavy atom. The summed E-state index contributed by atoms with van der Waals surface area (Å²) in [4.78, 5) is 15.1. The van der Waals surface area contributed by atoms with Crippen LogP contribution in [-0.2, 0) is 6.54 Å². The Morgan fingerprint density at radius 1 is 1.24 bits per heavy atom. The van der Waals surface area contributed by atoms with Crippen LogP contribution in [0.4, 0.5) is 0 Å². The summed E-state index contributed by atoms with van der Waals surface area (Å²) in [6.45, 7) is 3.53. The molecule has 4 rings (SSSR count). The average Bonchev–Trinajstić information content (AvgIpc) is 3.08. The van der Waals surface area contributed by atoms with Gasteiger partial charge in [0.25, 0.3) is 5.91 Å². The second kappa shape index (κ2) is 7.06. The van der Waals surface area contributed by atoms with Gasteiger partial charge in [-0.25, -0.2) is 0 Å². The SMILES string of the molecule is O=C(c1ccccc1[C@H]1CCNC1)N1CCOc2ccc(Cl)cc2C1. The number of nitrogens with one attached hydrogen (secondary N) is 1. The monoisotopic (exact) mass is 356 g/mol. The van der Waals surface area contributed by atoms with Crippen LogP contribution >= 0.6 is 11.6 Å². The van der Waals surface area contributed by atoms with E-state index in [9.17, 15) is 4.79 Å². The summed E-state index contributed by atoms with van der Waals surface area (Å²) in [5.41, 5.74) is 2.91. The van der Waals surface area contributed by atoms with Crippen LogP contribution in [0.1, 0.15) is 33.8 Å². The molecule has 2 aromatic rings. The van der Waals surface area contributed by atoms with Gasteiger partial charge in [-0.05, 0) is 48.7 Å². The molecule has 1 atom stereocenters. The molecule has 2 heterocycles. The Hall–Kier alpha value is -2.04. The first kappa shape index (κ1) is 16.4. The van der Waals surface area contributed by atoms with Crippen molar-refractivity contribution in [1.82, 2.24) is 10.2 Å². The maximum atomic E-state index is 13.2. The van der Waals surface area contributed by atoms with Crippen molar-refractivity contribution in [2.24, 2.45) is 0 Å². The lowest BCUT2D eigenvalue weighted by Gasteiger charge is -2.23. The lowest BCUT2D eigenvalue weighted by atomic mass is 9.93. The first-order chi connectivity index (χ1) is 12.2. The fraction of sp³-hybridized carbons (Fsp3) is 0.350. The molecule has 0 bridgehead atoms. The van der Waals surface area contributed by atoms with E-state index in [0.717, 1.165) is 42.0 Å². The summed E-state index contributed by atoms with van der Waals surface area (Å²) in [6.07, 6.45) is 1.08. The first-order valence-electron chi connectivity index (χ1n) is 8.72. The third-order valence-corrected chi connectivity index (χ3v) is 5.22. The highest BCUT2D eigenvalue weighted by atomic mass is 35.5. The second-order valence-electron chi connectivity index (χ2n) is 6.60. The van der Waals surface area contributed by atoms with Crippen LogP contribution in [0.5, 0.6) is 5.75 Å². The number of amides is 1. The van der Waals surface area contributed by atoms with Gasteiger partial charge in [-0.1, -0.05) is 29.8 Å². The van der Waals surface area contributed by atoms with Crippen molar-refractivity contribution in [1.29, 1.82) is 0 Å². The lowest BCUT2D eigenvalue weighted by Crippen LogP contribution is -2.33. The van der Waals surface area contributed by atoms with Gasteiger partial charge in [0.05, 0.1) is 6.54 Å². The van der Waals surface area contributed by atoms with Crippen molar-refractivity contribution in [3.63, 3.8) is 0 Å². The first-order valence-corrected chi connectivity index (χ1v) is 9.10. The van der Waals surface area contributed by atoms with Crippen molar-refractivity contribution in [3.8, 4) is 5.75 Å². The number of carbonyl (C=O) groups excluding carboxylic acids is 1. The Labute approximate surface area is 152 Å². The van der Waals surface area contributed by atoms with Gasteiger partial charge < -0.3 is 15.0 Å². The molecule has 0 radical (unpaired) electrons. The Morgan fingerprint density at radius 3 is 2.96 bits per heavy atom. The van der Waals surface area contributed by atoms with Crippen LogP contribution in [-0.4, -0.2) is 37.0 Å². The third-order valence-electron chi connectivity index (χ3n) is 4.98. The van der Waals surface area contributed by atoms with Gasteiger partial charge in [-0.15, -0.1) is 0 Å². The highest BCUT2D eigenvalue weighted by Crippen LogP contribution is 2.29. The topological polar surface area (TPSA) is 41.6 Å². The minimum atomic E-state index is 0.0684. The van der Waals surface area contributed by atoms with Crippen LogP contribution in [0.2, 0.25) is 5.02 Å². The second-order valence-corrected chi connectivity index (χ2v) is 7.04. The fourth-order valence-electron chi connectivity index (χ4n) is 3.67. The standard InChI is InChI=1S/C20H21ClN2O2/c21-16-5-6-19-15(11-16)13-23(9-10-25-19)20(24)18-4-2-1-3-17(18)14-7-8-22-12-14/h1-6,11,14,22H,7-10,12-13H2/t14-/m0/s1. The van der Waals surface area contributed by atoms with Gasteiger partial charge in [0.15, 0.2) is 0 Å². The molecule has 1 N–H and O–H groups in total. The van der Waals surface area contributed by atoms with Crippen molar-refractivity contribution in [2.45, 2.75) is 18.9 Å². The summed E-state index contributed by atoms with van der Waals surface area (Å²) >= 11 is 6.12. The van der Waals surface area contributed by atoms with Crippen LogP contribution < -0.4 is 10.1 Å². The third kappa shape index (κ3) is 3.37. The number of halogens is 1. The Kier molecular flexibility index (Phi) is 4.64. The maximum Gasteiger partial charge on any atom is 0.254 e. The molecule has 25 heavy (non-hydrogen) atoms. The number of hydrogen-bond acceptors (Lipinski definition) is 3. The van der Waals surface area contributed by atoms with E-state index in [4.69, 9.17) is 16.3 Å². The predicted molar refractivity (Wildman–Crippen MR) is 98.4 cm³/mol. The minimum Gasteiger partial charge on any atom is -0.491 e. The molecule has 0 aromatic heterocycles. The summed E-state index contributed by atoms with van der Waals surface area (Å²) in [7, 11) is 0. The molecule has 0 unspecified atom stereocenters. The average molecular weight is 357 g/mol. The van der Waals surface area contributed by atoms with E-state index in [0.29, 0.717) is 30.6 Å². The van der Waals surface area contributed by atoms with Crippen LogP contribution in [0, 0.1) is 0 Å². The molecule has 2 aromatic carbocycles. The molecular weight excluding hydrogens is 336 g/mol. The molecule has 4 nitrogen and oxygen atoms in total. The Balaban J connectivity index is 1.63. The van der Waals surface area contributed by atoms with E-state index in [-0.39, 0.29) is 5.91 Å². The van der Waals surface area contributed by atoms with Crippen molar-refractivity contribution in [3.05, 3.63) is 64.2 Å². The molecule has 0 spiro atoms. The Bertz CT molecular complexity index is 787. The number of hydrogen-bond donors (Lipinski definition) is 1. The highest BCUT2D eigenvalue weighted by Gasteiger charge is 2.26.